The molecule has 0 amide bonds. The van der Waals surface area contributed by atoms with Crippen molar-refractivity contribution >= 4 is 22.2 Å². The Balaban J connectivity index is 1.43. The van der Waals surface area contributed by atoms with E-state index in [2.05, 4.69) is 14.9 Å². The molecular formula is C25H30F4N4S. The van der Waals surface area contributed by atoms with Crippen LogP contribution in [0.25, 0.3) is 10.9 Å². The molecule has 184 valence electrons. The summed E-state index contributed by atoms with van der Waals surface area (Å²) in [5, 5.41) is 2.06. The van der Waals surface area contributed by atoms with Crippen molar-refractivity contribution in [2.24, 2.45) is 5.92 Å². The summed E-state index contributed by atoms with van der Waals surface area (Å²) in [7, 11) is 0. The van der Waals surface area contributed by atoms with Crippen molar-refractivity contribution < 1.29 is 17.6 Å². The van der Waals surface area contributed by atoms with Crippen LogP contribution in [0.2, 0.25) is 0 Å². The number of fused-ring (bicyclic) bond motifs is 3. The molecule has 9 heteroatoms. The molecule has 1 fully saturated rings. The first-order valence-electron chi connectivity index (χ1n) is 12.0. The number of aromatic nitrogens is 2. The fraction of sp³-hybridized carbons (Fsp3) is 0.560. The van der Waals surface area contributed by atoms with E-state index in [9.17, 15) is 17.6 Å². The first-order valence-corrected chi connectivity index (χ1v) is 12.8. The van der Waals surface area contributed by atoms with Crippen LogP contribution in [-0.2, 0) is 12.8 Å². The van der Waals surface area contributed by atoms with Crippen LogP contribution in [0.3, 0.4) is 0 Å². The van der Waals surface area contributed by atoms with Gasteiger partial charge in [-0.05, 0) is 50.3 Å². The Kier molecular flexibility index (Phi) is 6.70. The van der Waals surface area contributed by atoms with Crippen molar-refractivity contribution in [1.29, 1.82) is 0 Å². The van der Waals surface area contributed by atoms with Crippen LogP contribution in [0.15, 0.2) is 30.5 Å². The Hall–Kier alpha value is -1.97. The van der Waals surface area contributed by atoms with Crippen molar-refractivity contribution in [2.75, 3.05) is 32.9 Å². The second kappa shape index (κ2) is 9.59. The lowest BCUT2D eigenvalue weighted by Gasteiger charge is -2.40. The summed E-state index contributed by atoms with van der Waals surface area (Å²) >= 11 is 1.53. The van der Waals surface area contributed by atoms with Gasteiger partial charge < -0.3 is 9.88 Å². The zero-order valence-corrected chi connectivity index (χ0v) is 20.1. The molecule has 2 aromatic heterocycles. The lowest BCUT2D eigenvalue weighted by atomic mass is 9.91. The quantitative estimate of drug-likeness (QED) is 0.425. The van der Waals surface area contributed by atoms with Gasteiger partial charge in [0.15, 0.2) is 0 Å². The van der Waals surface area contributed by atoms with Crippen molar-refractivity contribution in [3.63, 3.8) is 0 Å². The highest BCUT2D eigenvalue weighted by molar-refractivity contribution is 7.11. The molecule has 5 rings (SSSR count). The number of nitrogens with one attached hydrogen (secondary N) is 1. The van der Waals surface area contributed by atoms with Crippen LogP contribution >= 0.6 is 11.3 Å². The predicted octanol–water partition coefficient (Wildman–Crippen LogP) is 5.75. The first-order chi connectivity index (χ1) is 16.3. The highest BCUT2D eigenvalue weighted by Gasteiger charge is 2.42. The van der Waals surface area contributed by atoms with E-state index in [-0.39, 0.29) is 12.7 Å². The molecule has 2 aliphatic rings. The number of hydrogen-bond donors (Lipinski definition) is 1. The SMILES string of the molecule is C[C@@H]1Cc2c([nH]c3ccccc23)[C@@H](c2cnc(C[C@H]3CCN(CCCF)C3)s2)N1CC(F)(F)F. The van der Waals surface area contributed by atoms with Gasteiger partial charge in [-0.25, -0.2) is 4.98 Å². The summed E-state index contributed by atoms with van der Waals surface area (Å²) in [4.78, 5) is 12.8. The minimum atomic E-state index is -4.28. The largest absolute Gasteiger partial charge is 0.401 e. The van der Waals surface area contributed by atoms with Gasteiger partial charge >= 0.3 is 6.18 Å². The minimum absolute atomic E-state index is 0.247. The Morgan fingerprint density at radius 3 is 2.85 bits per heavy atom. The summed E-state index contributed by atoms with van der Waals surface area (Å²) < 4.78 is 53.3. The van der Waals surface area contributed by atoms with E-state index >= 15 is 0 Å². The maximum absolute atomic E-state index is 13.6. The summed E-state index contributed by atoms with van der Waals surface area (Å²) in [6.45, 7) is 3.33. The number of para-hydroxylation sites is 1. The van der Waals surface area contributed by atoms with Crippen LogP contribution in [-0.4, -0.2) is 64.8 Å². The molecule has 4 heterocycles. The summed E-state index contributed by atoms with van der Waals surface area (Å²) in [5.74, 6) is 0.457. The van der Waals surface area contributed by atoms with Gasteiger partial charge in [-0.3, -0.25) is 9.29 Å². The average molecular weight is 495 g/mol. The molecule has 0 saturated carbocycles. The van der Waals surface area contributed by atoms with Gasteiger partial charge in [0.05, 0.1) is 24.3 Å². The van der Waals surface area contributed by atoms with Crippen molar-refractivity contribution in [3.05, 3.63) is 51.6 Å². The smallest absolute Gasteiger partial charge is 0.357 e. The van der Waals surface area contributed by atoms with Crippen LogP contribution < -0.4 is 0 Å². The molecule has 4 nitrogen and oxygen atoms in total. The van der Waals surface area contributed by atoms with Gasteiger partial charge in [-0.1, -0.05) is 18.2 Å². The molecule has 0 unspecified atom stereocenters. The summed E-state index contributed by atoms with van der Waals surface area (Å²) in [5.41, 5.74) is 2.93. The molecule has 0 spiro atoms. The Bertz CT molecular complexity index is 1120. The molecule has 0 aliphatic carbocycles. The molecule has 34 heavy (non-hydrogen) atoms. The van der Waals surface area contributed by atoms with E-state index in [4.69, 9.17) is 0 Å². The zero-order chi connectivity index (χ0) is 23.9. The van der Waals surface area contributed by atoms with Crippen molar-refractivity contribution in [3.8, 4) is 0 Å². The lowest BCUT2D eigenvalue weighted by molar-refractivity contribution is -0.155. The fourth-order valence-electron chi connectivity index (χ4n) is 5.63. The molecule has 1 N–H and O–H groups in total. The van der Waals surface area contributed by atoms with E-state index in [0.717, 1.165) is 64.5 Å². The Morgan fingerprint density at radius 1 is 1.24 bits per heavy atom. The number of likely N-dealkylation sites (tertiary alicyclic amines) is 1. The van der Waals surface area contributed by atoms with E-state index < -0.39 is 18.8 Å². The summed E-state index contributed by atoms with van der Waals surface area (Å²) in [6.07, 6.45) is 0.504. The number of H-pyrrole nitrogens is 1. The zero-order valence-electron chi connectivity index (χ0n) is 19.2. The molecule has 0 radical (unpaired) electrons. The molecule has 3 aromatic rings. The Labute approximate surface area is 201 Å². The highest BCUT2D eigenvalue weighted by Crippen LogP contribution is 2.43. The van der Waals surface area contributed by atoms with Crippen molar-refractivity contribution in [2.45, 2.75) is 50.9 Å². The molecule has 0 bridgehead atoms. The second-order valence-corrected chi connectivity index (χ2v) is 10.8. The third-order valence-electron chi connectivity index (χ3n) is 7.16. The monoisotopic (exact) mass is 494 g/mol. The fourth-order valence-corrected chi connectivity index (χ4v) is 6.79. The van der Waals surface area contributed by atoms with E-state index in [1.165, 1.54) is 11.3 Å². The van der Waals surface area contributed by atoms with Gasteiger partial charge in [-0.2, -0.15) is 13.2 Å². The topological polar surface area (TPSA) is 35.2 Å². The molecule has 3 atom stereocenters. The van der Waals surface area contributed by atoms with Crippen LogP contribution in [0.5, 0.6) is 0 Å². The first kappa shape index (κ1) is 23.8. The minimum Gasteiger partial charge on any atom is -0.357 e. The highest BCUT2D eigenvalue weighted by atomic mass is 32.1. The number of nitrogens with zero attached hydrogens (tertiary/aromatic N) is 3. The number of benzene rings is 1. The standard InChI is InChI=1S/C25H30F4N4S/c1-16-11-19-18-5-2-3-6-20(18)31-23(19)24(33(16)15-25(27,28)29)21-13-30-22(34-21)12-17-7-10-32(14-17)9-4-8-26/h2-3,5-6,13,16-17,24,31H,4,7-12,14-15H2,1H3/t16-,17-,24-/m1/s1. The van der Waals surface area contributed by atoms with Gasteiger partial charge in [0, 0.05) is 53.2 Å². The maximum atomic E-state index is 13.6. The van der Waals surface area contributed by atoms with Crippen LogP contribution in [0, 0.1) is 5.92 Å². The molecule has 1 saturated heterocycles. The van der Waals surface area contributed by atoms with E-state index in [1.807, 2.05) is 31.2 Å². The van der Waals surface area contributed by atoms with E-state index in [0.29, 0.717) is 18.8 Å². The van der Waals surface area contributed by atoms with Gasteiger partial charge in [0.2, 0.25) is 0 Å². The van der Waals surface area contributed by atoms with Gasteiger partial charge in [0.25, 0.3) is 0 Å². The van der Waals surface area contributed by atoms with Crippen LogP contribution in [0.4, 0.5) is 17.6 Å². The second-order valence-electron chi connectivity index (χ2n) is 9.66. The van der Waals surface area contributed by atoms with Gasteiger partial charge in [0.1, 0.15) is 0 Å². The Morgan fingerprint density at radius 2 is 2.06 bits per heavy atom. The predicted molar refractivity (Wildman–Crippen MR) is 127 cm³/mol. The third-order valence-corrected chi connectivity index (χ3v) is 8.23. The van der Waals surface area contributed by atoms with Gasteiger partial charge in [-0.15, -0.1) is 11.3 Å². The summed E-state index contributed by atoms with van der Waals surface area (Å²) in [6, 6.07) is 7.20. The normalized spacial score (nSPS) is 24.2. The number of rotatable bonds is 7. The molecule has 2 aliphatic heterocycles. The number of alkyl halides is 4. The third kappa shape index (κ3) is 4.88. The number of aromatic amines is 1. The van der Waals surface area contributed by atoms with Crippen molar-refractivity contribution in [1.82, 2.24) is 19.8 Å². The molecule has 1 aromatic carbocycles. The van der Waals surface area contributed by atoms with E-state index in [1.54, 1.807) is 11.1 Å². The average Bonchev–Trinajstić information content (AvgIpc) is 3.51. The van der Waals surface area contributed by atoms with Crippen LogP contribution in [0.1, 0.15) is 46.9 Å². The number of halogens is 4. The number of hydrogen-bond acceptors (Lipinski definition) is 4. The lowest BCUT2D eigenvalue weighted by Crippen LogP contribution is -2.46. The number of thiazole rings is 1. The maximum Gasteiger partial charge on any atom is 0.401 e. The molecular weight excluding hydrogens is 464 g/mol.